The topological polar surface area (TPSA) is 12.9 Å². The minimum absolute atomic E-state index is 0. The van der Waals surface area contributed by atoms with Gasteiger partial charge in [0.25, 0.3) is 0 Å². The molecule has 0 saturated carbocycles. The van der Waals surface area contributed by atoms with Crippen LogP contribution in [0.4, 0.5) is 0 Å². The van der Waals surface area contributed by atoms with Crippen LogP contribution in [0.5, 0.6) is 0 Å². The van der Waals surface area contributed by atoms with Crippen molar-refractivity contribution in [3.8, 4) is 0 Å². The third-order valence-electron chi connectivity index (χ3n) is 3.73. The zero-order chi connectivity index (χ0) is 12.7. The van der Waals surface area contributed by atoms with E-state index < -0.39 is 0 Å². The number of nitrogens with zero attached hydrogens (tertiary/aromatic N) is 1. The van der Waals surface area contributed by atoms with Crippen LogP contribution >= 0.6 is 8.19 Å². The molecular formula is C17H13Cl2NPTi. The van der Waals surface area contributed by atoms with Crippen LogP contribution in [-0.2, 0) is 21.7 Å². The van der Waals surface area contributed by atoms with Gasteiger partial charge in [-0.15, -0.1) is 14.6 Å². The van der Waals surface area contributed by atoms with Gasteiger partial charge in [0.2, 0.25) is 0 Å². The molecule has 5 heteroatoms. The summed E-state index contributed by atoms with van der Waals surface area (Å²) in [6.45, 7) is 0. The van der Waals surface area contributed by atoms with Crippen molar-refractivity contribution in [3.63, 3.8) is 0 Å². The fourth-order valence-corrected chi connectivity index (χ4v) is 3.75. The molecule has 2 unspecified atom stereocenters. The summed E-state index contributed by atoms with van der Waals surface area (Å²) in [5.74, 6) is 2.49. The van der Waals surface area contributed by atoms with E-state index in [9.17, 15) is 0 Å². The van der Waals surface area contributed by atoms with Crippen LogP contribution in [0.3, 0.4) is 0 Å². The molecule has 0 N–H and O–H groups in total. The van der Waals surface area contributed by atoms with Gasteiger partial charge in [0.15, 0.2) is 0 Å². The SMILES string of the molecule is [C-]1=C(C2C(c3ncc[pH]3)=Cc3ccccc32)C=CC1.[Cl-].[Cl-].[Ti+3]. The maximum absolute atomic E-state index is 4.54. The van der Waals surface area contributed by atoms with E-state index in [1.54, 1.807) is 0 Å². The molecule has 0 amide bonds. The van der Waals surface area contributed by atoms with Gasteiger partial charge in [-0.1, -0.05) is 24.3 Å². The van der Waals surface area contributed by atoms with E-state index in [0.29, 0.717) is 14.1 Å². The van der Waals surface area contributed by atoms with Gasteiger partial charge in [-0.2, -0.15) is 6.08 Å². The summed E-state index contributed by atoms with van der Waals surface area (Å²) >= 11 is 0. The van der Waals surface area contributed by atoms with Crippen molar-refractivity contribution in [1.82, 2.24) is 4.98 Å². The van der Waals surface area contributed by atoms with Gasteiger partial charge in [0.05, 0.1) is 5.43 Å². The molecular weight excluding hydrogens is 368 g/mol. The molecule has 1 aromatic heterocycles. The number of rotatable bonds is 2. The van der Waals surface area contributed by atoms with Crippen molar-refractivity contribution in [3.05, 3.63) is 76.6 Å². The molecule has 1 nitrogen and oxygen atoms in total. The summed E-state index contributed by atoms with van der Waals surface area (Å²) in [6, 6.07) is 8.66. The number of fused-ring (bicyclic) bond motifs is 1. The van der Waals surface area contributed by atoms with Crippen LogP contribution in [0.15, 0.2) is 54.0 Å². The first-order valence-corrected chi connectivity index (χ1v) is 7.59. The van der Waals surface area contributed by atoms with Crippen molar-refractivity contribution in [2.75, 3.05) is 0 Å². The van der Waals surface area contributed by atoms with E-state index in [2.05, 4.69) is 59.4 Å². The summed E-state index contributed by atoms with van der Waals surface area (Å²) in [5, 5.41) is 0. The van der Waals surface area contributed by atoms with Crippen molar-refractivity contribution in [2.45, 2.75) is 12.3 Å². The molecule has 0 spiro atoms. The van der Waals surface area contributed by atoms with E-state index in [-0.39, 0.29) is 46.5 Å². The first-order valence-electron chi connectivity index (χ1n) is 6.51. The molecule has 2 atom stereocenters. The molecule has 2 aliphatic carbocycles. The predicted octanol–water partition coefficient (Wildman–Crippen LogP) is -1.55. The molecule has 0 bridgehead atoms. The fraction of sp³-hybridized carbons (Fsp3) is 0.118. The zero-order valence-corrected chi connectivity index (χ0v) is 15.8. The van der Waals surface area contributed by atoms with Crippen molar-refractivity contribution in [1.29, 1.82) is 0 Å². The molecule has 1 aromatic carbocycles. The summed E-state index contributed by atoms with van der Waals surface area (Å²) in [6.07, 6.45) is 13.1. The van der Waals surface area contributed by atoms with Gasteiger partial charge in [-0.25, -0.2) is 11.6 Å². The third kappa shape index (κ3) is 3.35. The Morgan fingerprint density at radius 1 is 1.18 bits per heavy atom. The second kappa shape index (κ2) is 8.34. The second-order valence-corrected chi connectivity index (χ2v) is 5.93. The number of benzene rings is 1. The fourth-order valence-electron chi connectivity index (χ4n) is 2.91. The van der Waals surface area contributed by atoms with Crippen molar-refractivity contribution >= 4 is 19.8 Å². The molecule has 1 radical (unpaired) electrons. The first kappa shape index (κ1) is 19.5. The number of hydrogen-bond acceptors (Lipinski definition) is 1. The van der Waals surface area contributed by atoms with Crippen molar-refractivity contribution in [2.24, 2.45) is 0 Å². The van der Waals surface area contributed by atoms with Gasteiger partial charge >= 0.3 is 21.7 Å². The van der Waals surface area contributed by atoms with Gasteiger partial charge in [-0.05, 0) is 28.6 Å². The summed E-state index contributed by atoms with van der Waals surface area (Å²) < 4.78 is 0. The third-order valence-corrected chi connectivity index (χ3v) is 4.74. The molecule has 109 valence electrons. The maximum Gasteiger partial charge on any atom is 3.00 e. The van der Waals surface area contributed by atoms with Crippen LogP contribution in [0.25, 0.3) is 11.6 Å². The normalized spacial score (nSPS) is 17.9. The maximum atomic E-state index is 4.54. The Balaban J connectivity index is 0.000000807. The Morgan fingerprint density at radius 2 is 2.00 bits per heavy atom. The minimum Gasteiger partial charge on any atom is -1.00 e. The Bertz CT molecular complexity index is 720. The standard InChI is InChI=1S/C17H13NP.2ClH.Ti/c1-2-6-12(5-1)16-14-8-4-3-7-13(14)11-15(16)17-18-9-10-19-17;;;/h1,3-5,7-11,16,19H,2H2;2*1H;/q-1;;;+3/p-2. The van der Waals surface area contributed by atoms with E-state index in [1.807, 2.05) is 6.20 Å². The Kier molecular flexibility index (Phi) is 7.39. The minimum atomic E-state index is 0. The van der Waals surface area contributed by atoms with Crippen LogP contribution in [-0.4, -0.2) is 4.98 Å². The molecule has 2 aliphatic rings. The van der Waals surface area contributed by atoms with E-state index in [0.717, 1.165) is 6.42 Å². The predicted molar refractivity (Wildman–Crippen MR) is 81.3 cm³/mol. The smallest absolute Gasteiger partial charge is 1.00 e. The van der Waals surface area contributed by atoms with E-state index >= 15 is 0 Å². The molecule has 2 aromatic rings. The molecule has 22 heavy (non-hydrogen) atoms. The number of halogens is 2. The Labute approximate surface area is 159 Å². The molecule has 4 rings (SSSR count). The molecule has 1 heterocycles. The van der Waals surface area contributed by atoms with Crippen LogP contribution < -0.4 is 24.8 Å². The largest absolute Gasteiger partial charge is 3.00 e. The van der Waals surface area contributed by atoms with Crippen LogP contribution in [0.1, 0.15) is 28.9 Å². The number of aromatic nitrogens is 1. The Morgan fingerprint density at radius 3 is 2.68 bits per heavy atom. The van der Waals surface area contributed by atoms with Crippen molar-refractivity contribution < 1.29 is 46.5 Å². The van der Waals surface area contributed by atoms with Gasteiger partial charge in [-0.3, -0.25) is 11.1 Å². The number of allylic oxidation sites excluding steroid dienone is 5. The van der Waals surface area contributed by atoms with E-state index in [1.165, 1.54) is 27.7 Å². The van der Waals surface area contributed by atoms with Crippen LogP contribution in [0.2, 0.25) is 0 Å². The van der Waals surface area contributed by atoms with Gasteiger partial charge < -0.3 is 24.8 Å². The summed E-state index contributed by atoms with van der Waals surface area (Å²) in [5.41, 5.74) is 6.62. The monoisotopic (exact) mass is 380 g/mol. The quantitative estimate of drug-likeness (QED) is 0.454. The molecule has 0 aliphatic heterocycles. The summed E-state index contributed by atoms with van der Waals surface area (Å²) in [7, 11) is 0.699. The van der Waals surface area contributed by atoms with Gasteiger partial charge in [0, 0.05) is 12.1 Å². The molecule has 0 saturated heterocycles. The molecule has 0 fully saturated rings. The number of hydrogen-bond donors (Lipinski definition) is 0. The second-order valence-electron chi connectivity index (χ2n) is 4.84. The average molecular weight is 381 g/mol. The van der Waals surface area contributed by atoms with Gasteiger partial charge in [0.1, 0.15) is 0 Å². The van der Waals surface area contributed by atoms with Crippen LogP contribution in [0, 0.1) is 6.08 Å². The summed E-state index contributed by atoms with van der Waals surface area (Å²) in [4.78, 5) is 4.54. The average Bonchev–Trinajstić information content (AvgIpc) is 3.17. The van der Waals surface area contributed by atoms with E-state index in [4.69, 9.17) is 0 Å². The zero-order valence-electron chi connectivity index (χ0n) is 11.7. The first-order chi connectivity index (χ1) is 9.43. The Hall–Kier alpha value is -0.556.